The smallest absolute Gasteiger partial charge is 0.328 e. The number of aliphatic carboxylic acids is 1. The van der Waals surface area contributed by atoms with Gasteiger partial charge in [-0.25, -0.2) is 4.79 Å². The minimum Gasteiger partial charge on any atom is -0.478 e. The van der Waals surface area contributed by atoms with Crippen molar-refractivity contribution in [2.24, 2.45) is 11.3 Å². The molecule has 0 bridgehead atoms. The monoisotopic (exact) mass is 170 g/mol. The molecule has 1 fully saturated rings. The van der Waals surface area contributed by atoms with Crippen molar-refractivity contribution in [1.29, 1.82) is 0 Å². The van der Waals surface area contributed by atoms with Gasteiger partial charge in [-0.05, 0) is 5.92 Å². The van der Waals surface area contributed by atoms with Crippen molar-refractivity contribution in [2.75, 3.05) is 13.2 Å². The Kier molecular flexibility index (Phi) is 2.52. The summed E-state index contributed by atoms with van der Waals surface area (Å²) in [6.45, 7) is 5.45. The second kappa shape index (κ2) is 3.27. The largest absolute Gasteiger partial charge is 0.478 e. The van der Waals surface area contributed by atoms with Crippen molar-refractivity contribution in [1.82, 2.24) is 0 Å². The van der Waals surface area contributed by atoms with Crippen LogP contribution in [0.5, 0.6) is 0 Å². The first-order valence-corrected chi connectivity index (χ1v) is 4.07. The number of carboxylic acids is 1. The van der Waals surface area contributed by atoms with E-state index >= 15 is 0 Å². The topological polar surface area (TPSA) is 46.5 Å². The summed E-state index contributed by atoms with van der Waals surface area (Å²) in [5.41, 5.74) is -0.0294. The fourth-order valence-electron chi connectivity index (χ4n) is 1.20. The molecule has 0 amide bonds. The molecule has 0 aromatic carbocycles. The molecule has 0 radical (unpaired) electrons. The Labute approximate surface area is 72.0 Å². The van der Waals surface area contributed by atoms with Gasteiger partial charge in [0.05, 0.1) is 13.2 Å². The maximum Gasteiger partial charge on any atom is 0.328 e. The molecule has 1 aliphatic heterocycles. The second-order valence-corrected chi connectivity index (χ2v) is 3.55. The lowest BCUT2D eigenvalue weighted by Gasteiger charge is -2.42. The first-order valence-electron chi connectivity index (χ1n) is 4.07. The van der Waals surface area contributed by atoms with Gasteiger partial charge in [-0.15, -0.1) is 0 Å². The summed E-state index contributed by atoms with van der Waals surface area (Å²) in [4.78, 5) is 10.3. The van der Waals surface area contributed by atoms with E-state index in [1.54, 1.807) is 6.08 Å². The van der Waals surface area contributed by atoms with Crippen molar-refractivity contribution < 1.29 is 14.6 Å². The molecule has 0 saturated carbocycles. The van der Waals surface area contributed by atoms with Gasteiger partial charge in [-0.1, -0.05) is 19.9 Å². The van der Waals surface area contributed by atoms with Crippen LogP contribution in [0, 0.1) is 11.3 Å². The van der Waals surface area contributed by atoms with Gasteiger partial charge in [-0.3, -0.25) is 0 Å². The minimum absolute atomic E-state index is 0.0294. The molecule has 0 aromatic heterocycles. The van der Waals surface area contributed by atoms with E-state index in [2.05, 4.69) is 13.8 Å². The van der Waals surface area contributed by atoms with Gasteiger partial charge in [0, 0.05) is 11.5 Å². The Morgan fingerprint density at radius 3 is 2.42 bits per heavy atom. The molecule has 0 unspecified atom stereocenters. The molecular formula is C9H14O3. The fraction of sp³-hybridized carbons (Fsp3) is 0.667. The van der Waals surface area contributed by atoms with Crippen LogP contribution in [0.4, 0.5) is 0 Å². The van der Waals surface area contributed by atoms with Crippen LogP contribution in [-0.2, 0) is 9.53 Å². The molecule has 0 aliphatic carbocycles. The lowest BCUT2D eigenvalue weighted by Crippen LogP contribution is -2.45. The van der Waals surface area contributed by atoms with E-state index in [1.165, 1.54) is 6.08 Å². The van der Waals surface area contributed by atoms with Crippen molar-refractivity contribution >= 4 is 5.97 Å². The van der Waals surface area contributed by atoms with Crippen LogP contribution in [-0.4, -0.2) is 24.3 Å². The first kappa shape index (κ1) is 9.26. The normalized spacial score (nSPS) is 21.2. The number of rotatable bonds is 3. The zero-order valence-electron chi connectivity index (χ0n) is 7.41. The summed E-state index contributed by atoms with van der Waals surface area (Å²) < 4.78 is 5.09. The van der Waals surface area contributed by atoms with E-state index < -0.39 is 5.97 Å². The maximum atomic E-state index is 10.3. The van der Waals surface area contributed by atoms with Crippen molar-refractivity contribution in [3.05, 3.63) is 12.2 Å². The molecule has 12 heavy (non-hydrogen) atoms. The fourth-order valence-corrected chi connectivity index (χ4v) is 1.20. The molecule has 1 heterocycles. The summed E-state index contributed by atoms with van der Waals surface area (Å²) in [7, 11) is 0. The molecule has 0 atom stereocenters. The van der Waals surface area contributed by atoms with Crippen molar-refractivity contribution in [2.45, 2.75) is 13.8 Å². The standard InChI is InChI=1S/C9H14O3/c1-7(2)9(5-12-6-9)4-3-8(10)11/h3-4,7H,5-6H2,1-2H3,(H,10,11)/b4-3+. The number of hydrogen-bond acceptors (Lipinski definition) is 2. The zero-order chi connectivity index (χ0) is 9.19. The third-order valence-corrected chi connectivity index (χ3v) is 2.45. The Hall–Kier alpha value is -0.830. The number of hydrogen-bond donors (Lipinski definition) is 1. The molecule has 1 N–H and O–H groups in total. The molecule has 3 heteroatoms. The van der Waals surface area contributed by atoms with Gasteiger partial charge in [0.25, 0.3) is 0 Å². The van der Waals surface area contributed by atoms with Crippen LogP contribution in [0.25, 0.3) is 0 Å². The average molecular weight is 170 g/mol. The van der Waals surface area contributed by atoms with Crippen LogP contribution in [0.1, 0.15) is 13.8 Å². The Balaban J connectivity index is 2.62. The van der Waals surface area contributed by atoms with Gasteiger partial charge in [0.1, 0.15) is 0 Å². The quantitative estimate of drug-likeness (QED) is 0.649. The van der Waals surface area contributed by atoms with Crippen molar-refractivity contribution in [3.63, 3.8) is 0 Å². The summed E-state index contributed by atoms with van der Waals surface area (Å²) >= 11 is 0. The van der Waals surface area contributed by atoms with Crippen LogP contribution >= 0.6 is 0 Å². The van der Waals surface area contributed by atoms with Gasteiger partial charge in [0.15, 0.2) is 0 Å². The lowest BCUT2D eigenvalue weighted by molar-refractivity contribution is -0.132. The summed E-state index contributed by atoms with van der Waals surface area (Å²) in [6.07, 6.45) is 2.96. The van der Waals surface area contributed by atoms with E-state index in [-0.39, 0.29) is 5.41 Å². The van der Waals surface area contributed by atoms with E-state index in [9.17, 15) is 4.79 Å². The van der Waals surface area contributed by atoms with Gasteiger partial charge in [0.2, 0.25) is 0 Å². The maximum absolute atomic E-state index is 10.3. The highest BCUT2D eigenvalue weighted by atomic mass is 16.5. The van der Waals surface area contributed by atoms with Gasteiger partial charge >= 0.3 is 5.97 Å². The van der Waals surface area contributed by atoms with E-state index in [0.717, 1.165) is 0 Å². The molecule has 1 rings (SSSR count). The van der Waals surface area contributed by atoms with E-state index in [1.807, 2.05) is 0 Å². The van der Waals surface area contributed by atoms with Crippen LogP contribution in [0.15, 0.2) is 12.2 Å². The highest BCUT2D eigenvalue weighted by molar-refractivity contribution is 5.79. The van der Waals surface area contributed by atoms with Crippen LogP contribution in [0.2, 0.25) is 0 Å². The summed E-state index contributed by atoms with van der Waals surface area (Å²) in [5.74, 6) is -0.455. The van der Waals surface area contributed by atoms with Gasteiger partial charge < -0.3 is 9.84 Å². The molecule has 68 valence electrons. The van der Waals surface area contributed by atoms with Crippen LogP contribution < -0.4 is 0 Å². The third-order valence-electron chi connectivity index (χ3n) is 2.45. The number of carbonyl (C=O) groups is 1. The molecule has 1 aliphatic rings. The lowest BCUT2D eigenvalue weighted by atomic mass is 9.75. The highest BCUT2D eigenvalue weighted by Crippen LogP contribution is 2.36. The van der Waals surface area contributed by atoms with E-state index in [0.29, 0.717) is 19.1 Å². The molecule has 0 spiro atoms. The molecule has 0 aromatic rings. The Morgan fingerprint density at radius 2 is 2.17 bits per heavy atom. The van der Waals surface area contributed by atoms with Gasteiger partial charge in [-0.2, -0.15) is 0 Å². The molecule has 1 saturated heterocycles. The van der Waals surface area contributed by atoms with Crippen LogP contribution in [0.3, 0.4) is 0 Å². The van der Waals surface area contributed by atoms with Crippen molar-refractivity contribution in [3.8, 4) is 0 Å². The Morgan fingerprint density at radius 1 is 1.58 bits per heavy atom. The second-order valence-electron chi connectivity index (χ2n) is 3.55. The first-order chi connectivity index (χ1) is 5.57. The zero-order valence-corrected chi connectivity index (χ0v) is 7.41. The van der Waals surface area contributed by atoms with E-state index in [4.69, 9.17) is 9.84 Å². The average Bonchev–Trinajstić information content (AvgIpc) is 1.83. The third kappa shape index (κ3) is 1.67. The predicted molar refractivity (Wildman–Crippen MR) is 44.9 cm³/mol. The SMILES string of the molecule is CC(C)C1(/C=C/C(=O)O)COC1. The molecule has 3 nitrogen and oxygen atoms in total. The Bertz CT molecular complexity index is 202. The number of ether oxygens (including phenoxy) is 1. The highest BCUT2D eigenvalue weighted by Gasteiger charge is 2.39. The summed E-state index contributed by atoms with van der Waals surface area (Å²) in [6, 6.07) is 0. The minimum atomic E-state index is -0.887. The number of carboxylic acid groups (broad SMARTS) is 1. The predicted octanol–water partition coefficient (Wildman–Crippen LogP) is 1.30. The summed E-state index contributed by atoms with van der Waals surface area (Å²) in [5, 5.41) is 8.45. The molecular weight excluding hydrogens is 156 g/mol.